The minimum Gasteiger partial charge on any atom is -0.381 e. The van der Waals surface area contributed by atoms with Crippen LogP contribution in [-0.2, 0) is 11.3 Å². The van der Waals surface area contributed by atoms with Crippen molar-refractivity contribution in [1.82, 2.24) is 5.32 Å². The van der Waals surface area contributed by atoms with Crippen molar-refractivity contribution in [2.45, 2.75) is 25.4 Å². The Morgan fingerprint density at radius 2 is 2.00 bits per heavy atom. The first-order chi connectivity index (χ1) is 9.08. The number of ether oxygens (including phenoxy) is 1. The molecular weight excluding hydrogens is 258 g/mol. The van der Waals surface area contributed by atoms with Crippen molar-refractivity contribution < 1.29 is 18.4 Å². The molecular formula is C12H14F2N2O3. The highest BCUT2D eigenvalue weighted by Gasteiger charge is 2.19. The molecule has 1 aliphatic rings. The van der Waals surface area contributed by atoms with Gasteiger partial charge in [-0.2, -0.15) is 4.39 Å². The molecule has 104 valence electrons. The van der Waals surface area contributed by atoms with Gasteiger partial charge in [-0.3, -0.25) is 10.1 Å². The van der Waals surface area contributed by atoms with E-state index in [9.17, 15) is 18.9 Å². The van der Waals surface area contributed by atoms with Crippen LogP contribution in [0.4, 0.5) is 14.5 Å². The van der Waals surface area contributed by atoms with E-state index < -0.39 is 22.2 Å². The molecule has 1 heterocycles. The van der Waals surface area contributed by atoms with Gasteiger partial charge in [0.05, 0.1) is 4.92 Å². The van der Waals surface area contributed by atoms with E-state index in [2.05, 4.69) is 5.32 Å². The molecule has 5 nitrogen and oxygen atoms in total. The van der Waals surface area contributed by atoms with Crippen molar-refractivity contribution in [2.24, 2.45) is 0 Å². The Labute approximate surface area is 108 Å². The molecule has 0 spiro atoms. The number of rotatable bonds is 4. The maximum absolute atomic E-state index is 13.5. The largest absolute Gasteiger partial charge is 0.381 e. The first-order valence-corrected chi connectivity index (χ1v) is 6.01. The lowest BCUT2D eigenvalue weighted by atomic mass is 10.1. The van der Waals surface area contributed by atoms with Gasteiger partial charge in [0.2, 0.25) is 5.82 Å². The summed E-state index contributed by atoms with van der Waals surface area (Å²) in [4.78, 5) is 9.74. The molecule has 1 fully saturated rings. The second kappa shape index (κ2) is 6.03. The number of hydrogen-bond acceptors (Lipinski definition) is 4. The monoisotopic (exact) mass is 272 g/mol. The lowest BCUT2D eigenvalue weighted by molar-refractivity contribution is -0.387. The zero-order valence-electron chi connectivity index (χ0n) is 10.2. The third-order valence-electron chi connectivity index (χ3n) is 3.12. The van der Waals surface area contributed by atoms with Crippen LogP contribution in [0.25, 0.3) is 0 Å². The molecule has 0 saturated carbocycles. The number of benzene rings is 1. The summed E-state index contributed by atoms with van der Waals surface area (Å²) < 4.78 is 31.9. The summed E-state index contributed by atoms with van der Waals surface area (Å²) in [6.45, 7) is 1.42. The molecule has 1 aromatic carbocycles. The predicted molar refractivity (Wildman–Crippen MR) is 63.7 cm³/mol. The average Bonchev–Trinajstić information content (AvgIpc) is 2.38. The van der Waals surface area contributed by atoms with Gasteiger partial charge < -0.3 is 10.1 Å². The van der Waals surface area contributed by atoms with Gasteiger partial charge in [0.1, 0.15) is 5.82 Å². The van der Waals surface area contributed by atoms with E-state index in [1.54, 1.807) is 0 Å². The minimum atomic E-state index is -1.16. The minimum absolute atomic E-state index is 0.0968. The lowest BCUT2D eigenvalue weighted by Gasteiger charge is -2.23. The standard InChI is InChI=1S/C12H14F2N2O3/c13-10-6-11(14)12(16(17)18)5-8(10)7-15-9-1-3-19-4-2-9/h5-6,9,15H,1-4,7H2. The SMILES string of the molecule is O=[N+]([O-])c1cc(CNC2CCOCC2)c(F)cc1F. The van der Waals surface area contributed by atoms with Gasteiger partial charge in [0, 0.05) is 43.5 Å². The number of nitro groups is 1. The summed E-state index contributed by atoms with van der Waals surface area (Å²) in [7, 11) is 0. The Kier molecular flexibility index (Phi) is 4.39. The van der Waals surface area contributed by atoms with Crippen molar-refractivity contribution in [3.05, 3.63) is 39.4 Å². The Hall–Kier alpha value is -1.60. The fraction of sp³-hybridized carbons (Fsp3) is 0.500. The number of hydrogen-bond donors (Lipinski definition) is 1. The molecule has 1 aliphatic heterocycles. The first kappa shape index (κ1) is 13.8. The summed E-state index contributed by atoms with van der Waals surface area (Å²) in [6, 6.07) is 1.69. The van der Waals surface area contributed by atoms with Gasteiger partial charge >= 0.3 is 5.69 Å². The highest BCUT2D eigenvalue weighted by Crippen LogP contribution is 2.21. The van der Waals surface area contributed by atoms with Crippen LogP contribution in [-0.4, -0.2) is 24.2 Å². The number of halogens is 2. The maximum Gasteiger partial charge on any atom is 0.305 e. The van der Waals surface area contributed by atoms with Gasteiger partial charge in [-0.15, -0.1) is 0 Å². The van der Waals surface area contributed by atoms with Crippen LogP contribution in [0, 0.1) is 21.7 Å². The van der Waals surface area contributed by atoms with E-state index in [0.717, 1.165) is 18.9 Å². The topological polar surface area (TPSA) is 64.4 Å². The van der Waals surface area contributed by atoms with Crippen LogP contribution in [0.3, 0.4) is 0 Å². The third kappa shape index (κ3) is 3.45. The Morgan fingerprint density at radius 3 is 2.63 bits per heavy atom. The van der Waals surface area contributed by atoms with Crippen LogP contribution in [0.1, 0.15) is 18.4 Å². The Bertz CT molecular complexity index is 476. The van der Waals surface area contributed by atoms with Crippen molar-refractivity contribution in [3.63, 3.8) is 0 Å². The van der Waals surface area contributed by atoms with E-state index in [4.69, 9.17) is 4.74 Å². The Balaban J connectivity index is 2.06. The molecule has 19 heavy (non-hydrogen) atoms. The fourth-order valence-electron chi connectivity index (χ4n) is 2.01. The summed E-state index contributed by atoms with van der Waals surface area (Å²) in [6.07, 6.45) is 1.62. The molecule has 0 atom stereocenters. The summed E-state index contributed by atoms with van der Waals surface area (Å²) in [5, 5.41) is 13.7. The second-order valence-corrected chi connectivity index (χ2v) is 4.42. The summed E-state index contributed by atoms with van der Waals surface area (Å²) in [5.41, 5.74) is -0.607. The average molecular weight is 272 g/mol. The molecule has 1 saturated heterocycles. The molecule has 1 aromatic rings. The highest BCUT2D eigenvalue weighted by molar-refractivity contribution is 5.37. The summed E-state index contributed by atoms with van der Waals surface area (Å²) >= 11 is 0. The molecule has 0 amide bonds. The lowest BCUT2D eigenvalue weighted by Crippen LogP contribution is -2.34. The third-order valence-corrected chi connectivity index (χ3v) is 3.12. The number of nitrogens with zero attached hydrogens (tertiary/aromatic N) is 1. The van der Waals surface area contributed by atoms with E-state index in [1.807, 2.05) is 0 Å². The van der Waals surface area contributed by atoms with E-state index in [0.29, 0.717) is 19.3 Å². The van der Waals surface area contributed by atoms with Crippen LogP contribution in [0.5, 0.6) is 0 Å². The van der Waals surface area contributed by atoms with Crippen LogP contribution >= 0.6 is 0 Å². The first-order valence-electron chi connectivity index (χ1n) is 6.01. The normalized spacial score (nSPS) is 16.5. The number of nitrogens with one attached hydrogen (secondary N) is 1. The molecule has 0 aromatic heterocycles. The molecule has 0 unspecified atom stereocenters. The quantitative estimate of drug-likeness (QED) is 0.673. The van der Waals surface area contributed by atoms with Crippen molar-refractivity contribution >= 4 is 5.69 Å². The summed E-state index contributed by atoms with van der Waals surface area (Å²) in [5.74, 6) is -1.93. The zero-order valence-corrected chi connectivity index (χ0v) is 10.2. The van der Waals surface area contributed by atoms with Gasteiger partial charge in [-0.1, -0.05) is 0 Å². The molecule has 1 N–H and O–H groups in total. The van der Waals surface area contributed by atoms with Gasteiger partial charge in [-0.25, -0.2) is 4.39 Å². The fourth-order valence-corrected chi connectivity index (χ4v) is 2.01. The van der Waals surface area contributed by atoms with Crippen molar-refractivity contribution in [1.29, 1.82) is 0 Å². The zero-order chi connectivity index (χ0) is 13.8. The molecule has 0 bridgehead atoms. The Morgan fingerprint density at radius 1 is 1.32 bits per heavy atom. The highest BCUT2D eigenvalue weighted by atomic mass is 19.1. The second-order valence-electron chi connectivity index (χ2n) is 4.42. The van der Waals surface area contributed by atoms with Crippen LogP contribution in [0.15, 0.2) is 12.1 Å². The van der Waals surface area contributed by atoms with Crippen LogP contribution < -0.4 is 5.32 Å². The van der Waals surface area contributed by atoms with E-state index in [1.165, 1.54) is 0 Å². The van der Waals surface area contributed by atoms with E-state index in [-0.39, 0.29) is 18.2 Å². The van der Waals surface area contributed by atoms with Gasteiger partial charge in [0.15, 0.2) is 0 Å². The molecule has 0 aliphatic carbocycles. The maximum atomic E-state index is 13.5. The predicted octanol–water partition coefficient (Wildman–Crippen LogP) is 2.14. The van der Waals surface area contributed by atoms with Crippen LogP contribution in [0.2, 0.25) is 0 Å². The number of nitro benzene ring substituents is 1. The smallest absolute Gasteiger partial charge is 0.305 e. The molecule has 2 rings (SSSR count). The molecule has 0 radical (unpaired) electrons. The van der Waals surface area contributed by atoms with Crippen molar-refractivity contribution in [3.8, 4) is 0 Å². The van der Waals surface area contributed by atoms with E-state index >= 15 is 0 Å². The molecule has 7 heteroatoms. The van der Waals surface area contributed by atoms with Crippen molar-refractivity contribution in [2.75, 3.05) is 13.2 Å². The van der Waals surface area contributed by atoms with Gasteiger partial charge in [-0.05, 0) is 12.8 Å². The van der Waals surface area contributed by atoms with Gasteiger partial charge in [0.25, 0.3) is 0 Å².